The third-order valence-electron chi connectivity index (χ3n) is 12.6. The second kappa shape index (κ2) is 12.7. The molecule has 1 N–H and O–H groups in total. The van der Waals surface area contributed by atoms with Crippen molar-refractivity contribution in [3.63, 3.8) is 0 Å². The van der Waals surface area contributed by atoms with Crippen LogP contribution in [0.4, 0.5) is 39.5 Å². The quantitative estimate of drug-likeness (QED) is 0.310. The second-order valence-electron chi connectivity index (χ2n) is 14.9. The van der Waals surface area contributed by atoms with Crippen LogP contribution in [0.5, 0.6) is 0 Å². The molecule has 6 fully saturated rings. The summed E-state index contributed by atoms with van der Waals surface area (Å²) in [5.41, 5.74) is 0. The van der Waals surface area contributed by atoms with Gasteiger partial charge in [0.05, 0.1) is 17.8 Å². The summed E-state index contributed by atoms with van der Waals surface area (Å²) < 4.78 is 127. The van der Waals surface area contributed by atoms with Crippen molar-refractivity contribution in [1.29, 1.82) is 0 Å². The van der Waals surface area contributed by atoms with E-state index in [1.165, 1.54) is 64.2 Å². The van der Waals surface area contributed by atoms with E-state index in [2.05, 4.69) is 10.2 Å². The molecule has 7 atom stereocenters. The van der Waals surface area contributed by atoms with E-state index in [9.17, 15) is 39.5 Å². The largest absolute Gasteiger partial charge is 0.393 e. The molecular formula is C32H48F9N3. The van der Waals surface area contributed by atoms with E-state index in [0.717, 1.165) is 12.8 Å². The number of nitrogens with one attached hydrogen (secondary N) is 1. The second-order valence-corrected chi connectivity index (χ2v) is 14.9. The molecule has 3 nitrogen and oxygen atoms in total. The van der Waals surface area contributed by atoms with Gasteiger partial charge in [-0.25, -0.2) is 0 Å². The van der Waals surface area contributed by atoms with Crippen LogP contribution in [-0.2, 0) is 0 Å². The number of halogens is 9. The van der Waals surface area contributed by atoms with Crippen LogP contribution >= 0.6 is 0 Å². The fraction of sp³-hybridized carbons (Fsp3) is 1.00. The molecule has 0 aromatic heterocycles. The van der Waals surface area contributed by atoms with Crippen molar-refractivity contribution in [1.82, 2.24) is 15.1 Å². The van der Waals surface area contributed by atoms with Crippen molar-refractivity contribution < 1.29 is 39.5 Å². The van der Waals surface area contributed by atoms with Gasteiger partial charge >= 0.3 is 18.5 Å². The van der Waals surface area contributed by atoms with E-state index in [1.54, 1.807) is 0 Å². The van der Waals surface area contributed by atoms with Crippen LogP contribution in [0.15, 0.2) is 0 Å². The monoisotopic (exact) mass is 645 g/mol. The molecule has 7 unspecified atom stereocenters. The molecule has 4 saturated carbocycles. The van der Waals surface area contributed by atoms with Gasteiger partial charge in [-0.15, -0.1) is 0 Å². The van der Waals surface area contributed by atoms with E-state index >= 15 is 0 Å². The van der Waals surface area contributed by atoms with Crippen LogP contribution < -0.4 is 5.32 Å². The van der Waals surface area contributed by atoms with Crippen molar-refractivity contribution in [2.45, 2.75) is 158 Å². The normalized spacial score (nSPS) is 40.6. The van der Waals surface area contributed by atoms with E-state index in [-0.39, 0.29) is 23.9 Å². The summed E-state index contributed by atoms with van der Waals surface area (Å²) in [5, 5.41) is 3.43. The summed E-state index contributed by atoms with van der Waals surface area (Å²) in [5.74, 6) is -9.37. The van der Waals surface area contributed by atoms with E-state index in [1.807, 2.05) is 4.90 Å². The number of hydrogen-bond donors (Lipinski definition) is 1. The summed E-state index contributed by atoms with van der Waals surface area (Å²) in [4.78, 5) is 4.73. The smallest absolute Gasteiger partial charge is 0.316 e. The predicted molar refractivity (Wildman–Crippen MR) is 149 cm³/mol. The zero-order chi connectivity index (χ0) is 31.4. The third kappa shape index (κ3) is 6.52. The third-order valence-corrected chi connectivity index (χ3v) is 12.6. The molecule has 2 aliphatic heterocycles. The molecule has 0 aromatic rings. The molecule has 2 saturated heterocycles. The highest BCUT2D eigenvalue weighted by atomic mass is 19.4. The summed E-state index contributed by atoms with van der Waals surface area (Å²) in [7, 11) is 0. The molecule has 44 heavy (non-hydrogen) atoms. The minimum Gasteiger partial charge on any atom is -0.316 e. The van der Waals surface area contributed by atoms with Crippen LogP contribution in [0.25, 0.3) is 0 Å². The van der Waals surface area contributed by atoms with Crippen molar-refractivity contribution in [3.8, 4) is 0 Å². The topological polar surface area (TPSA) is 18.5 Å². The Kier molecular flexibility index (Phi) is 9.57. The molecule has 6 aliphatic rings. The number of piperidine rings is 1. The molecule has 0 amide bonds. The number of nitrogens with zero attached hydrogens (tertiary/aromatic N) is 2. The molecule has 6 rings (SSSR count). The molecule has 2 heterocycles. The van der Waals surface area contributed by atoms with Crippen LogP contribution in [0.3, 0.4) is 0 Å². The number of hydrogen-bond acceptors (Lipinski definition) is 3. The highest BCUT2D eigenvalue weighted by Gasteiger charge is 2.67. The number of alkyl halides is 9. The Hall–Kier alpha value is -0.750. The molecular weight excluding hydrogens is 597 g/mol. The lowest BCUT2D eigenvalue weighted by molar-refractivity contribution is -0.317. The molecule has 0 spiro atoms. The Morgan fingerprint density at radius 1 is 0.523 bits per heavy atom. The fourth-order valence-electron chi connectivity index (χ4n) is 11.0. The highest BCUT2D eigenvalue weighted by molar-refractivity contribution is 5.10. The first-order chi connectivity index (χ1) is 20.7. The summed E-state index contributed by atoms with van der Waals surface area (Å²) in [6, 6.07) is -0.143. The predicted octanol–water partition coefficient (Wildman–Crippen LogP) is 8.48. The zero-order valence-corrected chi connectivity index (χ0v) is 25.4. The van der Waals surface area contributed by atoms with Gasteiger partial charge in [0.2, 0.25) is 0 Å². The average molecular weight is 646 g/mol. The van der Waals surface area contributed by atoms with Crippen LogP contribution in [-0.4, -0.2) is 77.7 Å². The molecule has 4 aliphatic carbocycles. The van der Waals surface area contributed by atoms with E-state index < -0.39 is 55.2 Å². The fourth-order valence-corrected chi connectivity index (χ4v) is 11.0. The summed E-state index contributed by atoms with van der Waals surface area (Å²) in [6.45, 7) is 1.27. The SMILES string of the molecule is FC(F)(F)C1CC(N2C3CCNCC3C3CC(N(C4CCCCC4)C4CCCCC4)CCC32)CC(C(F)(F)F)C1C(F)(F)F. The van der Waals surface area contributed by atoms with E-state index in [4.69, 9.17) is 0 Å². The van der Waals surface area contributed by atoms with Gasteiger partial charge in [0, 0.05) is 36.3 Å². The first kappa shape index (κ1) is 33.2. The van der Waals surface area contributed by atoms with Gasteiger partial charge in [-0.3, -0.25) is 9.80 Å². The molecule has 0 radical (unpaired) electrons. The van der Waals surface area contributed by atoms with Gasteiger partial charge in [0.15, 0.2) is 0 Å². The first-order valence-corrected chi connectivity index (χ1v) is 17.2. The Morgan fingerprint density at radius 2 is 1.05 bits per heavy atom. The number of likely N-dealkylation sites (tertiary alicyclic amines) is 1. The lowest BCUT2D eigenvalue weighted by Crippen LogP contribution is -2.59. The average Bonchev–Trinajstić information content (AvgIpc) is 3.30. The Bertz CT molecular complexity index is 914. The lowest BCUT2D eigenvalue weighted by Gasteiger charge is -2.51. The Morgan fingerprint density at radius 3 is 1.55 bits per heavy atom. The standard InChI is InChI=1S/C32H48F9N3/c33-30(34,35)25-16-22(17-26(31(36,37)38)29(25)32(39,40)41)44-27-12-11-21(15-23(27)24-18-42-14-13-28(24)44)43(19-7-3-1-4-8-19)20-9-5-2-6-10-20/h19-29,42H,1-18H2. The molecule has 254 valence electrons. The van der Waals surface area contributed by atoms with Gasteiger partial charge in [-0.2, -0.15) is 39.5 Å². The summed E-state index contributed by atoms with van der Waals surface area (Å²) >= 11 is 0. The maximum absolute atomic E-state index is 14.2. The van der Waals surface area contributed by atoms with Crippen molar-refractivity contribution in [2.24, 2.45) is 29.6 Å². The molecule has 0 bridgehead atoms. The van der Waals surface area contributed by atoms with Gasteiger partial charge in [0.1, 0.15) is 0 Å². The minimum atomic E-state index is -5.59. The first-order valence-electron chi connectivity index (χ1n) is 17.2. The maximum atomic E-state index is 14.2. The van der Waals surface area contributed by atoms with E-state index in [0.29, 0.717) is 44.1 Å². The Labute approximate surface area is 255 Å². The van der Waals surface area contributed by atoms with Gasteiger partial charge < -0.3 is 5.32 Å². The zero-order valence-electron chi connectivity index (χ0n) is 25.4. The maximum Gasteiger partial charge on any atom is 0.393 e. The van der Waals surface area contributed by atoms with Crippen molar-refractivity contribution >= 4 is 0 Å². The van der Waals surface area contributed by atoms with Crippen molar-refractivity contribution in [2.75, 3.05) is 13.1 Å². The molecule has 0 aromatic carbocycles. The van der Waals surface area contributed by atoms with Gasteiger partial charge in [-0.1, -0.05) is 38.5 Å². The van der Waals surface area contributed by atoms with Crippen LogP contribution in [0.2, 0.25) is 0 Å². The Balaban J connectivity index is 1.29. The van der Waals surface area contributed by atoms with Crippen LogP contribution in [0, 0.1) is 29.6 Å². The molecule has 12 heteroatoms. The van der Waals surface area contributed by atoms with Crippen molar-refractivity contribution in [3.05, 3.63) is 0 Å². The lowest BCUT2D eigenvalue weighted by atomic mass is 9.68. The number of rotatable bonds is 4. The highest BCUT2D eigenvalue weighted by Crippen LogP contribution is 2.58. The minimum absolute atomic E-state index is 0.0881. The van der Waals surface area contributed by atoms with Gasteiger partial charge in [0.25, 0.3) is 0 Å². The van der Waals surface area contributed by atoms with Gasteiger partial charge in [-0.05, 0) is 89.1 Å². The van der Waals surface area contributed by atoms with Crippen LogP contribution in [0.1, 0.15) is 103 Å². The summed E-state index contributed by atoms with van der Waals surface area (Å²) in [6.07, 6.45) is -3.04. The number of fused-ring (bicyclic) bond motifs is 3.